The van der Waals surface area contributed by atoms with E-state index in [0.29, 0.717) is 30.7 Å². The van der Waals surface area contributed by atoms with Gasteiger partial charge in [0, 0.05) is 61.5 Å². The number of piperidine rings is 2. The van der Waals surface area contributed by atoms with Gasteiger partial charge in [0.25, 0.3) is 12.9 Å². The van der Waals surface area contributed by atoms with E-state index in [-0.39, 0.29) is 37.3 Å². The SMILES string of the molecule is N#CC1(c2cncc(I)c2)C[C@H]2CC[C@@H](C1)N2CC(F)F.NC(=S)C1(c2cncc(I)c2)C[C@H]2CC[C@@H](C1)N2CC(F)F. The van der Waals surface area contributed by atoms with Crippen molar-refractivity contribution in [1.29, 1.82) is 5.26 Å². The number of fused-ring (bicyclic) bond motifs is 4. The van der Waals surface area contributed by atoms with Crippen LogP contribution in [0, 0.1) is 18.5 Å². The molecule has 0 aliphatic carbocycles. The van der Waals surface area contributed by atoms with Crippen molar-refractivity contribution in [2.75, 3.05) is 13.1 Å². The van der Waals surface area contributed by atoms with Gasteiger partial charge in [0.1, 0.15) is 0 Å². The number of pyridine rings is 2. The Kier molecular flexibility index (Phi) is 10.5. The number of nitrogens with two attached hydrogens (primary N) is 1. The van der Waals surface area contributed by atoms with E-state index in [1.165, 1.54) is 0 Å². The van der Waals surface area contributed by atoms with Gasteiger partial charge in [-0.2, -0.15) is 5.26 Å². The molecule has 2 unspecified atom stereocenters. The van der Waals surface area contributed by atoms with Crippen molar-refractivity contribution in [1.82, 2.24) is 19.8 Å². The first kappa shape index (κ1) is 33.2. The van der Waals surface area contributed by atoms with Gasteiger partial charge >= 0.3 is 0 Å². The third-order valence-electron chi connectivity index (χ3n) is 9.78. The van der Waals surface area contributed by atoms with Gasteiger partial charge in [0.2, 0.25) is 0 Å². The summed E-state index contributed by atoms with van der Waals surface area (Å²) in [5, 5.41) is 9.77. The number of thiocarbonyl (C=S) groups is 1. The summed E-state index contributed by atoms with van der Waals surface area (Å²) in [4.78, 5) is 12.8. The fourth-order valence-corrected chi connectivity index (χ4v) is 9.19. The van der Waals surface area contributed by atoms with Crippen LogP contribution in [-0.2, 0) is 10.8 Å². The van der Waals surface area contributed by atoms with Crippen LogP contribution in [0.4, 0.5) is 17.6 Å². The number of nitrogens with zero attached hydrogens (tertiary/aromatic N) is 5. The molecule has 6 nitrogen and oxygen atoms in total. The maximum Gasteiger partial charge on any atom is 0.251 e. The molecule has 6 heterocycles. The average molecular weight is 841 g/mol. The quantitative estimate of drug-likeness (QED) is 0.196. The molecule has 4 aliphatic rings. The summed E-state index contributed by atoms with van der Waals surface area (Å²) in [5.74, 6) is 0. The van der Waals surface area contributed by atoms with Gasteiger partial charge in [-0.15, -0.1) is 0 Å². The number of rotatable bonds is 7. The molecule has 2 aromatic rings. The Hall–Kier alpha value is -1.22. The standard InChI is InChI=1S/C15H18F2IN3S.C15H16F2IN3/c16-13(17)8-21-11-1-2-12(21)5-15(4-11,14(19)22)9-3-10(18)7-20-6-9;16-14(17)8-21-12-1-2-13(21)5-15(4-12,9-19)10-3-11(18)7-20-6-10/h3,6-7,11-13H,1-2,4-5,8H2,(H2,19,22);3,6-7,12-14H,1-2,4-5,8H2/t11-,12+,15?;12-,13+,15?. The second-order valence-corrected chi connectivity index (χ2v) is 15.1. The van der Waals surface area contributed by atoms with Crippen LogP contribution in [0.1, 0.15) is 62.5 Å². The summed E-state index contributed by atoms with van der Waals surface area (Å²) in [7, 11) is 0. The molecule has 232 valence electrons. The Morgan fingerprint density at radius 2 is 1.26 bits per heavy atom. The van der Waals surface area contributed by atoms with Crippen molar-refractivity contribution in [3.8, 4) is 6.07 Å². The Labute approximate surface area is 282 Å². The number of alkyl halides is 4. The van der Waals surface area contributed by atoms with Crippen LogP contribution in [0.2, 0.25) is 0 Å². The van der Waals surface area contributed by atoms with E-state index in [1.807, 2.05) is 22.1 Å². The van der Waals surface area contributed by atoms with Crippen LogP contribution in [0.25, 0.3) is 0 Å². The minimum atomic E-state index is -2.30. The molecule has 2 aromatic heterocycles. The molecule has 13 heteroatoms. The lowest BCUT2D eigenvalue weighted by atomic mass is 9.70. The number of hydrogen-bond donors (Lipinski definition) is 1. The zero-order valence-electron chi connectivity index (χ0n) is 23.5. The Balaban J connectivity index is 0.000000171. The van der Waals surface area contributed by atoms with Crippen LogP contribution >= 0.6 is 57.4 Å². The zero-order chi connectivity index (χ0) is 30.9. The molecular formula is C30H34F4I2N6S. The van der Waals surface area contributed by atoms with Gasteiger partial charge in [-0.25, -0.2) is 17.6 Å². The van der Waals surface area contributed by atoms with Gasteiger partial charge in [-0.1, -0.05) is 12.2 Å². The van der Waals surface area contributed by atoms with E-state index in [0.717, 1.165) is 44.0 Å². The first-order valence-corrected chi connectivity index (χ1v) is 17.0. The highest BCUT2D eigenvalue weighted by atomic mass is 127. The van der Waals surface area contributed by atoms with Crippen molar-refractivity contribution in [2.24, 2.45) is 5.73 Å². The molecule has 0 spiro atoms. The normalized spacial score (nSPS) is 32.0. The molecule has 0 amide bonds. The predicted octanol–water partition coefficient (Wildman–Crippen LogP) is 6.44. The monoisotopic (exact) mass is 840 g/mol. The van der Waals surface area contributed by atoms with E-state index in [2.05, 4.69) is 67.3 Å². The summed E-state index contributed by atoms with van der Waals surface area (Å²) in [6, 6.07) is 6.99. The van der Waals surface area contributed by atoms with Crippen LogP contribution in [0.15, 0.2) is 36.9 Å². The van der Waals surface area contributed by atoms with Crippen LogP contribution in [0.5, 0.6) is 0 Å². The largest absolute Gasteiger partial charge is 0.393 e. The van der Waals surface area contributed by atoms with E-state index in [9.17, 15) is 22.8 Å². The maximum atomic E-state index is 12.8. The molecule has 0 saturated carbocycles. The number of aromatic nitrogens is 2. The van der Waals surface area contributed by atoms with Gasteiger partial charge in [0.05, 0.1) is 29.6 Å². The van der Waals surface area contributed by atoms with E-state index < -0.39 is 23.7 Å². The molecule has 0 aromatic carbocycles. The van der Waals surface area contributed by atoms with Gasteiger partial charge in [-0.3, -0.25) is 19.8 Å². The minimum Gasteiger partial charge on any atom is -0.393 e. The summed E-state index contributed by atoms with van der Waals surface area (Å²) in [6.45, 7) is -0.311. The van der Waals surface area contributed by atoms with Gasteiger partial charge in [-0.05, 0) is 120 Å². The summed E-state index contributed by atoms with van der Waals surface area (Å²) in [5.41, 5.74) is 7.10. The number of hydrogen-bond acceptors (Lipinski definition) is 6. The number of halogens is 6. The summed E-state index contributed by atoms with van der Waals surface area (Å²) >= 11 is 9.81. The highest BCUT2D eigenvalue weighted by Gasteiger charge is 2.52. The molecule has 4 fully saturated rings. The fraction of sp³-hybridized carbons (Fsp3) is 0.600. The fourth-order valence-electron chi connectivity index (χ4n) is 7.91. The number of nitriles is 1. The molecule has 6 atom stereocenters. The summed E-state index contributed by atoms with van der Waals surface area (Å²) in [6.07, 6.45) is 8.95. The van der Waals surface area contributed by atoms with Crippen molar-refractivity contribution in [2.45, 2.75) is 99.2 Å². The van der Waals surface area contributed by atoms with Crippen LogP contribution in [0.3, 0.4) is 0 Å². The highest BCUT2D eigenvalue weighted by molar-refractivity contribution is 14.1. The Bertz CT molecular complexity index is 1330. The van der Waals surface area contributed by atoms with Crippen molar-refractivity contribution in [3.63, 3.8) is 0 Å². The van der Waals surface area contributed by atoms with Gasteiger partial charge < -0.3 is 5.73 Å². The molecule has 4 aliphatic heterocycles. The van der Waals surface area contributed by atoms with Crippen molar-refractivity contribution >= 4 is 62.4 Å². The highest BCUT2D eigenvalue weighted by Crippen LogP contribution is 2.48. The van der Waals surface area contributed by atoms with Crippen molar-refractivity contribution < 1.29 is 17.6 Å². The van der Waals surface area contributed by atoms with E-state index in [4.69, 9.17) is 18.0 Å². The van der Waals surface area contributed by atoms with Gasteiger partial charge in [0.15, 0.2) is 0 Å². The van der Waals surface area contributed by atoms with Crippen LogP contribution < -0.4 is 5.73 Å². The topological polar surface area (TPSA) is 82.1 Å². The summed E-state index contributed by atoms with van der Waals surface area (Å²) < 4.78 is 53.1. The Morgan fingerprint density at radius 1 is 0.837 bits per heavy atom. The van der Waals surface area contributed by atoms with E-state index in [1.54, 1.807) is 18.6 Å². The zero-order valence-corrected chi connectivity index (χ0v) is 28.6. The molecule has 4 saturated heterocycles. The maximum absolute atomic E-state index is 12.8. The molecule has 43 heavy (non-hydrogen) atoms. The third-order valence-corrected chi connectivity index (χ3v) is 11.3. The first-order chi connectivity index (χ1) is 20.5. The second kappa shape index (κ2) is 13.6. The average Bonchev–Trinajstić information content (AvgIpc) is 3.32. The van der Waals surface area contributed by atoms with Crippen LogP contribution in [-0.4, -0.2) is 74.9 Å². The van der Waals surface area contributed by atoms with Crippen molar-refractivity contribution in [3.05, 3.63) is 55.2 Å². The molecular weight excluding hydrogens is 806 g/mol. The van der Waals surface area contributed by atoms with E-state index >= 15 is 0 Å². The Morgan fingerprint density at radius 3 is 1.65 bits per heavy atom. The first-order valence-electron chi connectivity index (χ1n) is 14.5. The molecule has 6 rings (SSSR count). The lowest BCUT2D eigenvalue weighted by Gasteiger charge is -2.46. The third kappa shape index (κ3) is 6.97. The molecule has 2 N–H and O–H groups in total. The molecule has 0 radical (unpaired) electrons. The lowest BCUT2D eigenvalue weighted by Crippen LogP contribution is -2.55. The minimum absolute atomic E-state index is 0.0928. The second-order valence-electron chi connectivity index (χ2n) is 12.2. The molecule has 4 bridgehead atoms. The smallest absolute Gasteiger partial charge is 0.251 e. The lowest BCUT2D eigenvalue weighted by molar-refractivity contribution is 0.0306. The predicted molar refractivity (Wildman–Crippen MR) is 177 cm³/mol.